The minimum absolute atomic E-state index is 0.151. The number of rotatable bonds is 1. The van der Waals surface area contributed by atoms with Crippen molar-refractivity contribution in [3.8, 4) is 0 Å². The molecule has 6 nitrogen and oxygen atoms in total. The molecule has 2 saturated heterocycles. The van der Waals surface area contributed by atoms with E-state index >= 15 is 0 Å². The molecule has 0 saturated carbocycles. The molecule has 0 N–H and O–H groups in total. The Morgan fingerprint density at radius 3 is 2.50 bits per heavy atom. The molecule has 4 rings (SSSR count). The van der Waals surface area contributed by atoms with Gasteiger partial charge in [0, 0.05) is 25.5 Å². The highest BCUT2D eigenvalue weighted by Crippen LogP contribution is 2.36. The fourth-order valence-electron chi connectivity index (χ4n) is 3.35. The number of hydrogen-bond acceptors (Lipinski definition) is 5. The minimum atomic E-state index is -0.366. The Labute approximate surface area is 125 Å². The number of nitrogens with zero attached hydrogens (tertiary/aromatic N) is 4. The fourth-order valence-corrected chi connectivity index (χ4v) is 3.35. The maximum Gasteiger partial charge on any atom is 0.234 e. The van der Waals surface area contributed by atoms with Gasteiger partial charge < -0.3 is 4.90 Å². The van der Waals surface area contributed by atoms with Gasteiger partial charge in [-0.05, 0) is 18.2 Å². The van der Waals surface area contributed by atoms with Crippen molar-refractivity contribution in [2.45, 2.75) is 0 Å². The van der Waals surface area contributed by atoms with Gasteiger partial charge in [0.05, 0.1) is 17.4 Å². The predicted molar refractivity (Wildman–Crippen MR) is 76.5 cm³/mol. The van der Waals surface area contributed by atoms with Crippen molar-refractivity contribution in [1.82, 2.24) is 14.9 Å². The second kappa shape index (κ2) is 4.46. The third-order valence-corrected chi connectivity index (χ3v) is 4.49. The van der Waals surface area contributed by atoms with E-state index in [0.29, 0.717) is 29.8 Å². The van der Waals surface area contributed by atoms with Crippen LogP contribution >= 0.6 is 0 Å². The number of amides is 2. The van der Waals surface area contributed by atoms with Crippen LogP contribution in [0.5, 0.6) is 0 Å². The summed E-state index contributed by atoms with van der Waals surface area (Å²) in [7, 11) is 1.52. The number of carbonyl (C=O) groups is 2. The van der Waals surface area contributed by atoms with E-state index in [-0.39, 0.29) is 29.5 Å². The van der Waals surface area contributed by atoms with Crippen molar-refractivity contribution >= 4 is 28.5 Å². The number of hydrogen-bond donors (Lipinski definition) is 0. The molecule has 0 bridgehead atoms. The van der Waals surface area contributed by atoms with E-state index in [1.165, 1.54) is 30.4 Å². The topological polar surface area (TPSA) is 66.4 Å². The lowest BCUT2D eigenvalue weighted by molar-refractivity contribution is -0.138. The van der Waals surface area contributed by atoms with Gasteiger partial charge in [0.15, 0.2) is 0 Å². The molecule has 2 fully saturated rings. The summed E-state index contributed by atoms with van der Waals surface area (Å²) in [5, 5.41) is 0.593. The van der Waals surface area contributed by atoms with Crippen LogP contribution in [0.3, 0.4) is 0 Å². The molecule has 2 unspecified atom stereocenters. The molecule has 1 aromatic heterocycles. The lowest BCUT2D eigenvalue weighted by Gasteiger charge is -2.20. The molecule has 112 valence electrons. The summed E-state index contributed by atoms with van der Waals surface area (Å²) < 4.78 is 13.5. The van der Waals surface area contributed by atoms with E-state index < -0.39 is 0 Å². The van der Waals surface area contributed by atoms with E-state index in [2.05, 4.69) is 9.97 Å². The van der Waals surface area contributed by atoms with E-state index in [1.807, 2.05) is 4.90 Å². The number of anilines is 1. The van der Waals surface area contributed by atoms with Crippen LogP contribution in [0.1, 0.15) is 0 Å². The zero-order valence-electron chi connectivity index (χ0n) is 11.9. The van der Waals surface area contributed by atoms with Gasteiger partial charge in [-0.25, -0.2) is 14.4 Å². The summed E-state index contributed by atoms with van der Waals surface area (Å²) in [6.07, 6.45) is 1.42. The standard InChI is InChI=1S/C15H13FN4O2/c1-19-14(21)10-5-20(6-11(10)15(19)22)13-9-4-8(16)2-3-12(9)17-7-18-13/h2-4,7,10-11H,5-6H2,1H3. The van der Waals surface area contributed by atoms with E-state index in [1.54, 1.807) is 6.07 Å². The van der Waals surface area contributed by atoms with Crippen LogP contribution in [0.4, 0.5) is 10.2 Å². The molecule has 0 radical (unpaired) electrons. The zero-order chi connectivity index (χ0) is 15.4. The van der Waals surface area contributed by atoms with Gasteiger partial charge in [0.25, 0.3) is 0 Å². The summed E-state index contributed by atoms with van der Waals surface area (Å²) in [6, 6.07) is 4.32. The fraction of sp³-hybridized carbons (Fsp3) is 0.333. The lowest BCUT2D eigenvalue weighted by Crippen LogP contribution is -2.33. The van der Waals surface area contributed by atoms with Gasteiger partial charge in [-0.15, -0.1) is 0 Å². The van der Waals surface area contributed by atoms with E-state index in [0.717, 1.165) is 0 Å². The highest BCUT2D eigenvalue weighted by molar-refractivity contribution is 6.06. The van der Waals surface area contributed by atoms with Crippen LogP contribution < -0.4 is 4.90 Å². The van der Waals surface area contributed by atoms with Crippen molar-refractivity contribution in [3.63, 3.8) is 0 Å². The SMILES string of the molecule is CN1C(=O)C2CN(c3ncnc4ccc(F)cc34)CC2C1=O. The van der Waals surface area contributed by atoms with E-state index in [9.17, 15) is 14.0 Å². The third kappa shape index (κ3) is 1.71. The number of fused-ring (bicyclic) bond motifs is 2. The first-order valence-corrected chi connectivity index (χ1v) is 7.03. The second-order valence-electron chi connectivity index (χ2n) is 5.71. The summed E-state index contributed by atoms with van der Waals surface area (Å²) in [5.41, 5.74) is 0.637. The highest BCUT2D eigenvalue weighted by Gasteiger charge is 2.51. The van der Waals surface area contributed by atoms with Crippen molar-refractivity contribution < 1.29 is 14.0 Å². The lowest BCUT2D eigenvalue weighted by atomic mass is 10.00. The molecule has 2 aliphatic heterocycles. The average molecular weight is 300 g/mol. The van der Waals surface area contributed by atoms with Crippen LogP contribution in [0.25, 0.3) is 10.9 Å². The van der Waals surface area contributed by atoms with Crippen molar-refractivity contribution in [3.05, 3.63) is 30.3 Å². The molecule has 2 atom stereocenters. The summed E-state index contributed by atoms with van der Waals surface area (Å²) in [4.78, 5) is 35.6. The monoisotopic (exact) mass is 300 g/mol. The van der Waals surface area contributed by atoms with Crippen LogP contribution in [0.2, 0.25) is 0 Å². The maximum absolute atomic E-state index is 13.5. The Morgan fingerprint density at radius 1 is 1.14 bits per heavy atom. The van der Waals surface area contributed by atoms with Crippen LogP contribution in [0.15, 0.2) is 24.5 Å². The Kier molecular flexibility index (Phi) is 2.66. The first-order valence-electron chi connectivity index (χ1n) is 7.03. The Balaban J connectivity index is 1.75. The average Bonchev–Trinajstić information content (AvgIpc) is 3.03. The normalized spacial score (nSPS) is 24.5. The molecular weight excluding hydrogens is 287 g/mol. The molecule has 1 aromatic carbocycles. The molecule has 2 aromatic rings. The number of imide groups is 1. The summed E-state index contributed by atoms with van der Waals surface area (Å²) in [6.45, 7) is 0.838. The minimum Gasteiger partial charge on any atom is -0.354 e. The number of aromatic nitrogens is 2. The Morgan fingerprint density at radius 2 is 1.82 bits per heavy atom. The summed E-state index contributed by atoms with van der Waals surface area (Å²) in [5.74, 6) is -0.770. The van der Waals surface area contributed by atoms with Crippen molar-refractivity contribution in [2.24, 2.45) is 11.8 Å². The van der Waals surface area contributed by atoms with Crippen molar-refractivity contribution in [1.29, 1.82) is 0 Å². The predicted octanol–water partition coefficient (Wildman–Crippen LogP) is 0.820. The van der Waals surface area contributed by atoms with Gasteiger partial charge in [0.1, 0.15) is 18.0 Å². The first-order chi connectivity index (χ1) is 10.6. The smallest absolute Gasteiger partial charge is 0.234 e. The molecule has 3 heterocycles. The largest absolute Gasteiger partial charge is 0.354 e. The maximum atomic E-state index is 13.5. The summed E-state index contributed by atoms with van der Waals surface area (Å²) >= 11 is 0. The van der Waals surface area contributed by atoms with Crippen LogP contribution in [0, 0.1) is 17.7 Å². The second-order valence-corrected chi connectivity index (χ2v) is 5.71. The molecule has 2 aliphatic rings. The molecular formula is C15H13FN4O2. The first kappa shape index (κ1) is 13.1. The molecule has 0 aliphatic carbocycles. The van der Waals surface area contributed by atoms with Gasteiger partial charge in [-0.3, -0.25) is 14.5 Å². The van der Waals surface area contributed by atoms with Gasteiger partial charge in [0.2, 0.25) is 11.8 Å². The number of carbonyl (C=O) groups excluding carboxylic acids is 2. The molecule has 0 spiro atoms. The quantitative estimate of drug-likeness (QED) is 0.730. The number of likely N-dealkylation sites (tertiary alicyclic amines) is 1. The number of halogens is 1. The molecule has 7 heteroatoms. The van der Waals surface area contributed by atoms with Crippen LogP contribution in [-0.2, 0) is 9.59 Å². The zero-order valence-corrected chi connectivity index (χ0v) is 11.9. The van der Waals surface area contributed by atoms with E-state index in [4.69, 9.17) is 0 Å². The van der Waals surface area contributed by atoms with Crippen LogP contribution in [-0.4, -0.2) is 46.8 Å². The Hall–Kier alpha value is -2.57. The van der Waals surface area contributed by atoms with Gasteiger partial charge in [-0.1, -0.05) is 0 Å². The highest BCUT2D eigenvalue weighted by atomic mass is 19.1. The molecule has 2 amide bonds. The van der Waals surface area contributed by atoms with Crippen molar-refractivity contribution in [2.75, 3.05) is 25.0 Å². The third-order valence-electron chi connectivity index (χ3n) is 4.49. The Bertz CT molecular complexity index is 785. The molecule has 22 heavy (non-hydrogen) atoms. The number of benzene rings is 1. The van der Waals surface area contributed by atoms with Gasteiger partial charge >= 0.3 is 0 Å². The van der Waals surface area contributed by atoms with Gasteiger partial charge in [-0.2, -0.15) is 0 Å².